The predicted molar refractivity (Wildman–Crippen MR) is 64.3 cm³/mol. The smallest absolute Gasteiger partial charge is 0.254 e. The fraction of sp³-hybridized carbons (Fsp3) is 0.462. The summed E-state index contributed by atoms with van der Waals surface area (Å²) < 4.78 is 10.5. The molecule has 1 fully saturated rings. The van der Waals surface area contributed by atoms with E-state index in [1.54, 1.807) is 17.0 Å². The first-order chi connectivity index (χ1) is 8.22. The SMILES string of the molecule is CCOc1cccc(C(=O)N(C)C2COC2)c1. The maximum Gasteiger partial charge on any atom is 0.254 e. The summed E-state index contributed by atoms with van der Waals surface area (Å²) in [5.74, 6) is 0.747. The number of hydrogen-bond acceptors (Lipinski definition) is 3. The van der Waals surface area contributed by atoms with E-state index in [2.05, 4.69) is 0 Å². The minimum atomic E-state index is 0.0138. The van der Waals surface area contributed by atoms with Crippen LogP contribution in [-0.2, 0) is 4.74 Å². The van der Waals surface area contributed by atoms with Crippen molar-refractivity contribution < 1.29 is 14.3 Å². The van der Waals surface area contributed by atoms with Gasteiger partial charge < -0.3 is 14.4 Å². The minimum absolute atomic E-state index is 0.0138. The maximum atomic E-state index is 12.2. The van der Waals surface area contributed by atoms with Gasteiger partial charge in [0, 0.05) is 12.6 Å². The van der Waals surface area contributed by atoms with Crippen molar-refractivity contribution in [2.45, 2.75) is 13.0 Å². The third-order valence-electron chi connectivity index (χ3n) is 2.88. The van der Waals surface area contributed by atoms with E-state index >= 15 is 0 Å². The van der Waals surface area contributed by atoms with Crippen LogP contribution >= 0.6 is 0 Å². The van der Waals surface area contributed by atoms with Crippen LogP contribution in [0.15, 0.2) is 24.3 Å². The molecule has 4 nitrogen and oxygen atoms in total. The zero-order valence-corrected chi connectivity index (χ0v) is 10.2. The molecule has 17 heavy (non-hydrogen) atoms. The van der Waals surface area contributed by atoms with Gasteiger partial charge >= 0.3 is 0 Å². The lowest BCUT2D eigenvalue weighted by Gasteiger charge is -2.34. The molecule has 0 atom stereocenters. The van der Waals surface area contributed by atoms with Gasteiger partial charge in [0.15, 0.2) is 0 Å². The molecule has 1 saturated heterocycles. The Balaban J connectivity index is 2.09. The molecule has 0 aromatic heterocycles. The van der Waals surface area contributed by atoms with E-state index in [0.29, 0.717) is 25.4 Å². The third-order valence-corrected chi connectivity index (χ3v) is 2.88. The van der Waals surface area contributed by atoms with Crippen molar-refractivity contribution in [2.75, 3.05) is 26.9 Å². The monoisotopic (exact) mass is 235 g/mol. The molecule has 1 aromatic carbocycles. The highest BCUT2D eigenvalue weighted by molar-refractivity contribution is 5.94. The van der Waals surface area contributed by atoms with Gasteiger partial charge in [0.25, 0.3) is 5.91 Å². The highest BCUT2D eigenvalue weighted by atomic mass is 16.5. The lowest BCUT2D eigenvalue weighted by atomic mass is 10.1. The van der Waals surface area contributed by atoms with E-state index in [0.717, 1.165) is 5.75 Å². The molecule has 0 spiro atoms. The van der Waals surface area contributed by atoms with Crippen LogP contribution in [0.3, 0.4) is 0 Å². The van der Waals surface area contributed by atoms with Gasteiger partial charge in [-0.15, -0.1) is 0 Å². The number of carbonyl (C=O) groups is 1. The standard InChI is InChI=1S/C13H17NO3/c1-3-17-12-6-4-5-10(7-12)13(15)14(2)11-8-16-9-11/h4-7,11H,3,8-9H2,1-2H3. The summed E-state index contributed by atoms with van der Waals surface area (Å²) in [5, 5.41) is 0. The molecular weight excluding hydrogens is 218 g/mol. The molecule has 0 radical (unpaired) electrons. The number of hydrogen-bond donors (Lipinski definition) is 0. The number of benzene rings is 1. The summed E-state index contributed by atoms with van der Waals surface area (Å²) in [6.45, 7) is 3.79. The molecule has 0 saturated carbocycles. The second-order valence-corrected chi connectivity index (χ2v) is 4.07. The maximum absolute atomic E-state index is 12.2. The van der Waals surface area contributed by atoms with E-state index in [1.165, 1.54) is 0 Å². The molecule has 1 aliphatic heterocycles. The summed E-state index contributed by atoms with van der Waals surface area (Å²) >= 11 is 0. The molecule has 1 aromatic rings. The Labute approximate surface area is 101 Å². The number of likely N-dealkylation sites (N-methyl/N-ethyl adjacent to an activating group) is 1. The lowest BCUT2D eigenvalue weighted by molar-refractivity contribution is -0.0467. The molecular formula is C13H17NO3. The van der Waals surface area contributed by atoms with Crippen molar-refractivity contribution in [2.24, 2.45) is 0 Å². The van der Waals surface area contributed by atoms with Crippen LogP contribution in [0.4, 0.5) is 0 Å². The van der Waals surface area contributed by atoms with Gasteiger partial charge in [0.1, 0.15) is 5.75 Å². The van der Waals surface area contributed by atoms with Crippen molar-refractivity contribution in [1.29, 1.82) is 0 Å². The Morgan fingerprint density at radius 2 is 2.29 bits per heavy atom. The Morgan fingerprint density at radius 1 is 1.53 bits per heavy atom. The van der Waals surface area contributed by atoms with Gasteiger partial charge in [0.05, 0.1) is 25.9 Å². The fourth-order valence-corrected chi connectivity index (χ4v) is 1.70. The van der Waals surface area contributed by atoms with Crippen LogP contribution in [0.25, 0.3) is 0 Å². The van der Waals surface area contributed by atoms with Crippen LogP contribution in [-0.4, -0.2) is 43.7 Å². The molecule has 4 heteroatoms. The summed E-state index contributed by atoms with van der Waals surface area (Å²) in [6, 6.07) is 7.48. The van der Waals surface area contributed by atoms with E-state index in [1.807, 2.05) is 26.1 Å². The minimum Gasteiger partial charge on any atom is -0.494 e. The van der Waals surface area contributed by atoms with Crippen LogP contribution in [0, 0.1) is 0 Å². The molecule has 92 valence electrons. The molecule has 0 bridgehead atoms. The topological polar surface area (TPSA) is 38.8 Å². The number of nitrogens with zero attached hydrogens (tertiary/aromatic N) is 1. The quantitative estimate of drug-likeness (QED) is 0.795. The average Bonchev–Trinajstić information content (AvgIpc) is 2.26. The molecule has 0 unspecified atom stereocenters. The summed E-state index contributed by atoms with van der Waals surface area (Å²) in [7, 11) is 1.81. The lowest BCUT2D eigenvalue weighted by Crippen LogP contribution is -2.49. The van der Waals surface area contributed by atoms with Crippen molar-refractivity contribution in [3.63, 3.8) is 0 Å². The highest BCUT2D eigenvalue weighted by Crippen LogP contribution is 2.17. The average molecular weight is 235 g/mol. The van der Waals surface area contributed by atoms with Gasteiger partial charge in [-0.2, -0.15) is 0 Å². The van der Waals surface area contributed by atoms with Crippen LogP contribution in [0.2, 0.25) is 0 Å². The first-order valence-electron chi connectivity index (χ1n) is 5.80. The van der Waals surface area contributed by atoms with Crippen molar-refractivity contribution in [3.05, 3.63) is 29.8 Å². The number of carbonyl (C=O) groups excluding carboxylic acids is 1. The second kappa shape index (κ2) is 5.19. The van der Waals surface area contributed by atoms with Crippen molar-refractivity contribution >= 4 is 5.91 Å². The number of rotatable bonds is 4. The van der Waals surface area contributed by atoms with Gasteiger partial charge in [0.2, 0.25) is 0 Å². The van der Waals surface area contributed by atoms with E-state index in [9.17, 15) is 4.79 Å². The normalized spacial score (nSPS) is 15.2. The number of amides is 1. The molecule has 2 rings (SSSR count). The molecule has 0 N–H and O–H groups in total. The third kappa shape index (κ3) is 2.58. The number of ether oxygens (including phenoxy) is 2. The second-order valence-electron chi connectivity index (χ2n) is 4.07. The fourth-order valence-electron chi connectivity index (χ4n) is 1.70. The zero-order valence-electron chi connectivity index (χ0n) is 10.2. The van der Waals surface area contributed by atoms with Crippen molar-refractivity contribution in [3.8, 4) is 5.75 Å². The largest absolute Gasteiger partial charge is 0.494 e. The van der Waals surface area contributed by atoms with Crippen molar-refractivity contribution in [1.82, 2.24) is 4.90 Å². The van der Waals surface area contributed by atoms with Gasteiger partial charge in [-0.1, -0.05) is 6.07 Å². The molecule has 1 aliphatic rings. The summed E-state index contributed by atoms with van der Waals surface area (Å²) in [5.41, 5.74) is 0.658. The Bertz CT molecular complexity index is 401. The Hall–Kier alpha value is -1.55. The van der Waals surface area contributed by atoms with Gasteiger partial charge in [-0.25, -0.2) is 0 Å². The molecule has 1 amide bonds. The Morgan fingerprint density at radius 3 is 2.88 bits per heavy atom. The van der Waals surface area contributed by atoms with Gasteiger partial charge in [-0.3, -0.25) is 4.79 Å². The van der Waals surface area contributed by atoms with E-state index < -0.39 is 0 Å². The highest BCUT2D eigenvalue weighted by Gasteiger charge is 2.27. The summed E-state index contributed by atoms with van der Waals surface area (Å²) in [6.07, 6.45) is 0. The van der Waals surface area contributed by atoms with E-state index in [4.69, 9.17) is 9.47 Å². The van der Waals surface area contributed by atoms with Crippen LogP contribution in [0.1, 0.15) is 17.3 Å². The van der Waals surface area contributed by atoms with Crippen LogP contribution in [0.5, 0.6) is 5.75 Å². The Kier molecular flexibility index (Phi) is 3.64. The predicted octanol–water partition coefficient (Wildman–Crippen LogP) is 1.56. The first-order valence-corrected chi connectivity index (χ1v) is 5.80. The molecule has 0 aliphatic carbocycles. The van der Waals surface area contributed by atoms with E-state index in [-0.39, 0.29) is 11.9 Å². The first kappa shape index (κ1) is 11.9. The summed E-state index contributed by atoms with van der Waals surface area (Å²) in [4.78, 5) is 13.9. The van der Waals surface area contributed by atoms with Gasteiger partial charge in [-0.05, 0) is 25.1 Å². The van der Waals surface area contributed by atoms with Crippen LogP contribution < -0.4 is 4.74 Å². The zero-order chi connectivity index (χ0) is 12.3. The molecule has 1 heterocycles.